The molecule has 1 radical (unpaired) electrons. The summed E-state index contributed by atoms with van der Waals surface area (Å²) in [4.78, 5) is -6.35. The summed E-state index contributed by atoms with van der Waals surface area (Å²) in [6.45, 7) is -1.16. The number of anilines is 1. The van der Waals surface area contributed by atoms with Crippen LogP contribution in [0, 0.1) is 0 Å². The van der Waals surface area contributed by atoms with E-state index in [2.05, 4.69) is 24.6 Å². The standard InChI is InChI=1S/C24H21N5O20S6.Cu/c25-21-20-11(7-18(53(40,41)42)22(21)28-27-15-10-13(51(34,35)36)2-4-17(15)52(37,38)39)8-19(54(43,44)45)23(24(20)31)29-26-14-9-12(1-3-16(14)30)50(32,33)6-5-49-55(46,47)48;/h1-4,7-10,30-31H,5-6,25H2,(H,34,35,36)(H,37,38,39)(H,40,41,42)(H,43,44,45)(H,46,47,48);/q;+2/p-2. The minimum absolute atomic E-state index is 0. The first kappa shape index (κ1) is 46.1. The van der Waals surface area contributed by atoms with Crippen LogP contribution in [-0.4, -0.2) is 85.6 Å². The summed E-state index contributed by atoms with van der Waals surface area (Å²) in [7, 11) is -32.3. The molecule has 4 rings (SSSR count). The second-order valence-electron chi connectivity index (χ2n) is 10.3. The number of nitrogens with two attached hydrogens (primary N) is 1. The number of nitrogen functional groups attached to an aromatic ring is 1. The van der Waals surface area contributed by atoms with E-state index in [1.54, 1.807) is 0 Å². The molecule has 4 aromatic carbocycles. The average Bonchev–Trinajstić information content (AvgIpc) is 3.01. The van der Waals surface area contributed by atoms with Gasteiger partial charge >= 0.3 is 24.2 Å². The molecule has 32 heteroatoms. The van der Waals surface area contributed by atoms with E-state index >= 15 is 0 Å². The van der Waals surface area contributed by atoms with Gasteiger partial charge in [0, 0.05) is 5.39 Å². The van der Waals surface area contributed by atoms with Crippen LogP contribution in [0.4, 0.5) is 28.4 Å². The fourth-order valence-corrected chi connectivity index (χ4v) is 8.24. The molecule has 2 N–H and O–H groups in total. The van der Waals surface area contributed by atoms with Crippen molar-refractivity contribution in [1.29, 1.82) is 0 Å². The van der Waals surface area contributed by atoms with Gasteiger partial charge in [0.15, 0.2) is 9.84 Å². The molecule has 0 aliphatic carbocycles. The van der Waals surface area contributed by atoms with Gasteiger partial charge < -0.3 is 38.7 Å². The van der Waals surface area contributed by atoms with Crippen molar-refractivity contribution in [2.75, 3.05) is 18.1 Å². The molecule has 0 unspecified atom stereocenters. The van der Waals surface area contributed by atoms with E-state index in [-0.39, 0.29) is 42.4 Å². The van der Waals surface area contributed by atoms with Crippen LogP contribution in [0.5, 0.6) is 11.5 Å². The molecular weight excluding hydrogens is 934 g/mol. The van der Waals surface area contributed by atoms with Crippen LogP contribution in [0.25, 0.3) is 10.8 Å². The third kappa shape index (κ3) is 10.6. The van der Waals surface area contributed by atoms with Gasteiger partial charge in [-0.05, 0) is 47.9 Å². The molecule has 0 saturated carbocycles. The molecule has 0 saturated heterocycles. The number of nitrogens with zero attached hydrogens (tertiary/aromatic N) is 4. The van der Waals surface area contributed by atoms with Crippen molar-refractivity contribution in [3.63, 3.8) is 0 Å². The molecule has 0 aliphatic rings. The van der Waals surface area contributed by atoms with Crippen LogP contribution in [-0.2, 0) is 82.0 Å². The number of benzene rings is 4. The van der Waals surface area contributed by atoms with Crippen molar-refractivity contribution in [1.82, 2.24) is 0 Å². The Morgan fingerprint density at radius 2 is 1.07 bits per heavy atom. The van der Waals surface area contributed by atoms with Gasteiger partial charge in [0.25, 0.3) is 0 Å². The van der Waals surface area contributed by atoms with Crippen LogP contribution in [0.2, 0.25) is 0 Å². The third-order valence-electron chi connectivity index (χ3n) is 6.71. The monoisotopic (exact) mass is 952 g/mol. The van der Waals surface area contributed by atoms with Crippen molar-refractivity contribution in [3.8, 4) is 11.5 Å². The predicted octanol–water partition coefficient (Wildman–Crippen LogP) is -0.173. The maximum Gasteiger partial charge on any atom is 2.00 e. The molecule has 4 aromatic rings. The van der Waals surface area contributed by atoms with E-state index in [0.29, 0.717) is 30.3 Å². The SMILES string of the molecule is Nc1c(N=Nc2cc(S(=O)(=O)[O-])ccc2S(=O)(=O)[O-])c(S(=O)(=O)[O-])cc2cc(S(=O)(=O)[O-])c(N=Nc3cc(S(=O)(=O)CCOS(=O)(=O)[O-])ccc3[O-])c([O-])c12.[Cu+2].[H+].[H+].[H+].[H+].[H+]. The summed E-state index contributed by atoms with van der Waals surface area (Å²) < 4.78 is 204. The first-order chi connectivity index (χ1) is 24.9. The zero-order valence-corrected chi connectivity index (χ0v) is 32.2. The van der Waals surface area contributed by atoms with Gasteiger partial charge in [-0.25, -0.2) is 50.5 Å². The summed E-state index contributed by atoms with van der Waals surface area (Å²) in [6.07, 6.45) is 0. The van der Waals surface area contributed by atoms with Crippen LogP contribution < -0.4 is 15.9 Å². The smallest absolute Gasteiger partial charge is 0.871 e. The summed E-state index contributed by atoms with van der Waals surface area (Å²) in [5.74, 6) is -3.98. The quantitative estimate of drug-likeness (QED) is 0.0597. The van der Waals surface area contributed by atoms with Gasteiger partial charge in [0.1, 0.15) is 51.8 Å². The van der Waals surface area contributed by atoms with Gasteiger partial charge in [0.05, 0.1) is 53.9 Å². The summed E-state index contributed by atoms with van der Waals surface area (Å²) in [5.41, 5.74) is -0.199. The van der Waals surface area contributed by atoms with E-state index in [1.165, 1.54) is 0 Å². The van der Waals surface area contributed by atoms with Crippen LogP contribution in [0.1, 0.15) is 7.13 Å². The first-order valence-electron chi connectivity index (χ1n) is 13.5. The molecule has 0 atom stereocenters. The maximum absolute atomic E-state index is 13.7. The Kier molecular flexibility index (Phi) is 13.1. The van der Waals surface area contributed by atoms with E-state index in [0.717, 1.165) is 0 Å². The van der Waals surface area contributed by atoms with Gasteiger partial charge in [-0.2, -0.15) is 5.11 Å². The average molecular weight is 953 g/mol. The molecular formula is C24H19CuN5O20S6. The first-order valence-corrected chi connectivity index (χ1v) is 22.1. The molecule has 307 valence electrons. The van der Waals surface area contributed by atoms with Gasteiger partial charge in [-0.1, -0.05) is 17.6 Å². The van der Waals surface area contributed by atoms with E-state index in [9.17, 15) is 83.5 Å². The molecule has 0 heterocycles. The molecule has 25 nitrogen and oxygen atoms in total. The van der Waals surface area contributed by atoms with Crippen molar-refractivity contribution >= 4 is 99.9 Å². The Hall–Kier alpha value is -4.28. The second kappa shape index (κ2) is 15.9. The van der Waals surface area contributed by atoms with Crippen LogP contribution >= 0.6 is 0 Å². The molecule has 0 spiro atoms. The fourth-order valence-electron chi connectivity index (χ4n) is 4.36. The molecule has 0 bridgehead atoms. The zero-order valence-electron chi connectivity index (χ0n) is 31.3. The number of sulfone groups is 1. The Labute approximate surface area is 333 Å². The summed E-state index contributed by atoms with van der Waals surface area (Å²) in [5, 5.41) is 37.4. The Morgan fingerprint density at radius 3 is 1.59 bits per heavy atom. The largest absolute Gasteiger partial charge is 2.00 e. The molecule has 0 aromatic heterocycles. The number of azo groups is 2. The summed E-state index contributed by atoms with van der Waals surface area (Å²) in [6, 6.07) is 3.28. The van der Waals surface area contributed by atoms with Crippen molar-refractivity contribution in [3.05, 3.63) is 48.5 Å². The number of hydrogen-bond acceptors (Lipinski definition) is 25. The van der Waals surface area contributed by atoms with Gasteiger partial charge in [-0.15, -0.1) is 15.3 Å². The van der Waals surface area contributed by atoms with E-state index in [4.69, 9.17) is 5.73 Å². The minimum atomic E-state index is -5.81. The number of fused-ring (bicyclic) bond motifs is 1. The number of rotatable bonds is 13. The van der Waals surface area contributed by atoms with Crippen LogP contribution in [0.3, 0.4) is 0 Å². The third-order valence-corrected chi connectivity index (χ3v) is 12.3. The van der Waals surface area contributed by atoms with Crippen molar-refractivity contribution < 1.29 is 112 Å². The number of hydrogen-bond donors (Lipinski definition) is 1. The Bertz CT molecular complexity index is 3050. The second-order valence-corrected chi connectivity index (χ2v) is 18.9. The Balaban J connectivity index is -0.00000561. The molecule has 0 amide bonds. The van der Waals surface area contributed by atoms with Crippen LogP contribution in [0.15, 0.2) is 93.5 Å². The zero-order chi connectivity index (χ0) is 41.7. The van der Waals surface area contributed by atoms with Gasteiger partial charge in [-0.3, -0.25) is 4.18 Å². The van der Waals surface area contributed by atoms with Gasteiger partial charge in [0.2, 0.25) is 10.4 Å². The minimum Gasteiger partial charge on any atom is -0.871 e. The molecule has 0 fully saturated rings. The summed E-state index contributed by atoms with van der Waals surface area (Å²) >= 11 is 0. The fraction of sp³-hybridized carbons (Fsp3) is 0.0833. The topological polar surface area (TPSA) is 451 Å². The predicted molar refractivity (Wildman–Crippen MR) is 174 cm³/mol. The van der Waals surface area contributed by atoms with Crippen molar-refractivity contribution in [2.24, 2.45) is 20.5 Å². The van der Waals surface area contributed by atoms with E-state index in [1.807, 2.05) is 0 Å². The maximum atomic E-state index is 13.7. The Morgan fingerprint density at radius 1 is 0.589 bits per heavy atom. The molecule has 56 heavy (non-hydrogen) atoms. The van der Waals surface area contributed by atoms with E-state index < -0.39 is 148 Å². The normalized spacial score (nSPS) is 13.4. The molecule has 0 aliphatic heterocycles. The van der Waals surface area contributed by atoms with Crippen molar-refractivity contribution in [2.45, 2.75) is 24.5 Å².